The Balaban J connectivity index is 3.10. The van der Waals surface area contributed by atoms with Crippen LogP contribution in [0, 0.1) is 11.6 Å². The van der Waals surface area contributed by atoms with Gasteiger partial charge in [-0.15, -0.1) is 0 Å². The number of benzene rings is 1. The zero-order chi connectivity index (χ0) is 10.8. The molecule has 0 aliphatic rings. The van der Waals surface area contributed by atoms with Gasteiger partial charge in [0.1, 0.15) is 11.6 Å². The summed E-state index contributed by atoms with van der Waals surface area (Å²) in [6.45, 7) is 1.39. The summed E-state index contributed by atoms with van der Waals surface area (Å²) in [4.78, 5) is 0. The van der Waals surface area contributed by atoms with E-state index in [1.54, 1.807) is 6.92 Å². The van der Waals surface area contributed by atoms with Gasteiger partial charge in [0.15, 0.2) is 0 Å². The first-order valence-corrected chi connectivity index (χ1v) is 4.32. The van der Waals surface area contributed by atoms with Crippen LogP contribution in [0.2, 0.25) is 0 Å². The molecular weight excluding hydrogens is 188 g/mol. The highest BCUT2D eigenvalue weighted by atomic mass is 19.1. The fourth-order valence-electron chi connectivity index (χ4n) is 1.30. The van der Waals surface area contributed by atoms with Crippen LogP contribution in [0.3, 0.4) is 0 Å². The summed E-state index contributed by atoms with van der Waals surface area (Å²) >= 11 is 0. The largest absolute Gasteiger partial charge is 0.396 e. The van der Waals surface area contributed by atoms with E-state index in [1.807, 2.05) is 0 Å². The van der Waals surface area contributed by atoms with E-state index < -0.39 is 17.2 Å². The predicted octanol–water partition coefficient (Wildman–Crippen LogP) is 1.52. The number of nitrogens with two attached hydrogens (primary N) is 1. The van der Waals surface area contributed by atoms with Gasteiger partial charge in [-0.3, -0.25) is 0 Å². The average Bonchev–Trinajstić information content (AvgIpc) is 2.09. The van der Waals surface area contributed by atoms with Gasteiger partial charge in [-0.1, -0.05) is 0 Å². The summed E-state index contributed by atoms with van der Waals surface area (Å²) in [5, 5.41) is 8.73. The van der Waals surface area contributed by atoms with Crippen LogP contribution in [0.1, 0.15) is 18.9 Å². The number of aliphatic hydroxyl groups is 1. The first kappa shape index (κ1) is 11.1. The second-order valence-corrected chi connectivity index (χ2v) is 3.52. The van der Waals surface area contributed by atoms with E-state index in [0.717, 1.165) is 18.2 Å². The molecule has 1 atom stereocenters. The van der Waals surface area contributed by atoms with Crippen LogP contribution >= 0.6 is 0 Å². The predicted molar refractivity (Wildman–Crippen MR) is 49.6 cm³/mol. The third-order valence-electron chi connectivity index (χ3n) is 2.17. The summed E-state index contributed by atoms with van der Waals surface area (Å²) in [5.41, 5.74) is 4.80. The molecule has 1 aromatic rings. The molecule has 0 fully saturated rings. The zero-order valence-electron chi connectivity index (χ0n) is 7.93. The molecular formula is C10H13F2NO. The lowest BCUT2D eigenvalue weighted by molar-refractivity contribution is 0.244. The summed E-state index contributed by atoms with van der Waals surface area (Å²) in [7, 11) is 0. The standard InChI is InChI=1S/C10H13F2NO/c1-10(13,4-5-14)8-6-7(11)2-3-9(8)12/h2-3,6,14H,4-5,13H2,1H3. The Morgan fingerprint density at radius 2 is 2.07 bits per heavy atom. The van der Waals surface area contributed by atoms with E-state index in [9.17, 15) is 8.78 Å². The van der Waals surface area contributed by atoms with Crippen LogP contribution < -0.4 is 5.73 Å². The molecule has 1 aromatic carbocycles. The minimum atomic E-state index is -1.04. The van der Waals surface area contributed by atoms with Crippen molar-refractivity contribution in [3.63, 3.8) is 0 Å². The molecule has 0 radical (unpaired) electrons. The molecule has 0 saturated heterocycles. The molecule has 0 heterocycles. The summed E-state index contributed by atoms with van der Waals surface area (Å²) in [6, 6.07) is 3.13. The summed E-state index contributed by atoms with van der Waals surface area (Å²) in [6.07, 6.45) is 0.188. The molecule has 0 saturated carbocycles. The Morgan fingerprint density at radius 1 is 1.43 bits per heavy atom. The van der Waals surface area contributed by atoms with Crippen LogP contribution in [-0.4, -0.2) is 11.7 Å². The lowest BCUT2D eigenvalue weighted by Gasteiger charge is -2.24. The Hall–Kier alpha value is -1.00. The Morgan fingerprint density at radius 3 is 2.64 bits per heavy atom. The van der Waals surface area contributed by atoms with Crippen LogP contribution in [-0.2, 0) is 5.54 Å². The molecule has 0 aliphatic carbocycles. The van der Waals surface area contributed by atoms with E-state index in [4.69, 9.17) is 10.8 Å². The van der Waals surface area contributed by atoms with Crippen molar-refractivity contribution in [2.75, 3.05) is 6.61 Å². The fourth-order valence-corrected chi connectivity index (χ4v) is 1.30. The van der Waals surface area contributed by atoms with Gasteiger partial charge in [0, 0.05) is 17.7 Å². The molecule has 0 amide bonds. The smallest absolute Gasteiger partial charge is 0.128 e. The highest BCUT2D eigenvalue weighted by molar-refractivity contribution is 5.25. The Bertz CT molecular complexity index is 326. The van der Waals surface area contributed by atoms with Crippen LogP contribution in [0.4, 0.5) is 8.78 Å². The highest BCUT2D eigenvalue weighted by Crippen LogP contribution is 2.24. The molecule has 0 aromatic heterocycles. The fraction of sp³-hybridized carbons (Fsp3) is 0.400. The van der Waals surface area contributed by atoms with Crippen molar-refractivity contribution in [3.8, 4) is 0 Å². The number of hydrogen-bond donors (Lipinski definition) is 2. The van der Waals surface area contributed by atoms with Gasteiger partial charge in [-0.05, 0) is 31.5 Å². The number of hydrogen-bond acceptors (Lipinski definition) is 2. The van der Waals surface area contributed by atoms with E-state index in [0.29, 0.717) is 0 Å². The van der Waals surface area contributed by atoms with E-state index in [1.165, 1.54) is 0 Å². The first-order chi connectivity index (χ1) is 6.47. The van der Waals surface area contributed by atoms with Gasteiger partial charge in [0.25, 0.3) is 0 Å². The molecule has 2 nitrogen and oxygen atoms in total. The topological polar surface area (TPSA) is 46.2 Å². The van der Waals surface area contributed by atoms with Crippen molar-refractivity contribution in [3.05, 3.63) is 35.4 Å². The molecule has 78 valence electrons. The van der Waals surface area contributed by atoms with Gasteiger partial charge >= 0.3 is 0 Å². The van der Waals surface area contributed by atoms with Crippen LogP contribution in [0.15, 0.2) is 18.2 Å². The van der Waals surface area contributed by atoms with Gasteiger partial charge < -0.3 is 10.8 Å². The monoisotopic (exact) mass is 201 g/mol. The van der Waals surface area contributed by atoms with E-state index in [2.05, 4.69) is 0 Å². The van der Waals surface area contributed by atoms with Gasteiger partial charge in [-0.2, -0.15) is 0 Å². The molecule has 4 heteroatoms. The van der Waals surface area contributed by atoms with Crippen LogP contribution in [0.25, 0.3) is 0 Å². The van der Waals surface area contributed by atoms with Gasteiger partial charge in [-0.25, -0.2) is 8.78 Å². The minimum Gasteiger partial charge on any atom is -0.396 e. The molecule has 1 unspecified atom stereocenters. The zero-order valence-corrected chi connectivity index (χ0v) is 7.93. The maximum atomic E-state index is 13.3. The SMILES string of the molecule is CC(N)(CCO)c1cc(F)ccc1F. The lowest BCUT2D eigenvalue weighted by atomic mass is 9.89. The quantitative estimate of drug-likeness (QED) is 0.778. The Kier molecular flexibility index (Phi) is 3.18. The van der Waals surface area contributed by atoms with Crippen molar-refractivity contribution in [1.29, 1.82) is 0 Å². The first-order valence-electron chi connectivity index (χ1n) is 4.32. The molecule has 3 N–H and O–H groups in total. The number of aliphatic hydroxyl groups excluding tert-OH is 1. The number of rotatable bonds is 3. The molecule has 0 spiro atoms. The van der Waals surface area contributed by atoms with Crippen molar-refractivity contribution in [2.24, 2.45) is 5.73 Å². The number of halogens is 2. The third-order valence-corrected chi connectivity index (χ3v) is 2.17. The molecule has 0 aliphatic heterocycles. The van der Waals surface area contributed by atoms with Crippen molar-refractivity contribution < 1.29 is 13.9 Å². The van der Waals surface area contributed by atoms with Crippen molar-refractivity contribution >= 4 is 0 Å². The average molecular weight is 201 g/mol. The van der Waals surface area contributed by atoms with Gasteiger partial charge in [0.05, 0.1) is 0 Å². The second-order valence-electron chi connectivity index (χ2n) is 3.52. The summed E-state index contributed by atoms with van der Waals surface area (Å²) in [5.74, 6) is -1.08. The lowest BCUT2D eigenvalue weighted by Crippen LogP contribution is -2.35. The maximum Gasteiger partial charge on any atom is 0.128 e. The normalized spacial score (nSPS) is 15.2. The molecule has 0 bridgehead atoms. The van der Waals surface area contributed by atoms with Crippen molar-refractivity contribution in [2.45, 2.75) is 18.9 Å². The second kappa shape index (κ2) is 4.02. The summed E-state index contributed by atoms with van der Waals surface area (Å²) < 4.78 is 26.1. The third kappa shape index (κ3) is 2.27. The van der Waals surface area contributed by atoms with Crippen molar-refractivity contribution in [1.82, 2.24) is 0 Å². The Labute approximate surface area is 81.4 Å². The molecule has 14 heavy (non-hydrogen) atoms. The van der Waals surface area contributed by atoms with E-state index in [-0.39, 0.29) is 18.6 Å². The van der Waals surface area contributed by atoms with Crippen LogP contribution in [0.5, 0.6) is 0 Å². The highest BCUT2D eigenvalue weighted by Gasteiger charge is 2.24. The molecule has 1 rings (SSSR count). The van der Waals surface area contributed by atoms with E-state index >= 15 is 0 Å². The van der Waals surface area contributed by atoms with Gasteiger partial charge in [0.2, 0.25) is 0 Å². The minimum absolute atomic E-state index is 0.0894. The maximum absolute atomic E-state index is 13.3.